The van der Waals surface area contributed by atoms with Gasteiger partial charge in [0, 0.05) is 6.54 Å². The van der Waals surface area contributed by atoms with Gasteiger partial charge in [0.1, 0.15) is 0 Å². The van der Waals surface area contributed by atoms with Crippen LogP contribution in [0.2, 0.25) is 0 Å². The predicted octanol–water partition coefficient (Wildman–Crippen LogP) is 5.05. The predicted molar refractivity (Wildman–Crippen MR) is 121 cm³/mol. The van der Waals surface area contributed by atoms with Gasteiger partial charge < -0.3 is 14.8 Å². The molecule has 1 amide bonds. The summed E-state index contributed by atoms with van der Waals surface area (Å²) >= 11 is 0. The number of aryl methyl sites for hydroxylation is 1. The van der Waals surface area contributed by atoms with E-state index in [-0.39, 0.29) is 5.91 Å². The number of hydrogen-bond donors (Lipinski definition) is 1. The molecule has 0 radical (unpaired) electrons. The first-order valence-corrected chi connectivity index (χ1v) is 10.4. The summed E-state index contributed by atoms with van der Waals surface area (Å²) in [4.78, 5) is 12.2. The van der Waals surface area contributed by atoms with Crippen molar-refractivity contribution in [3.63, 3.8) is 0 Å². The molecule has 4 heteroatoms. The molecule has 0 aliphatic rings. The topological polar surface area (TPSA) is 47.6 Å². The van der Waals surface area contributed by atoms with E-state index in [2.05, 4.69) is 29.6 Å². The molecule has 1 N–H and O–H groups in total. The number of carbonyl (C=O) groups is 1. The van der Waals surface area contributed by atoms with Crippen molar-refractivity contribution in [1.29, 1.82) is 0 Å². The molecule has 3 aromatic rings. The summed E-state index contributed by atoms with van der Waals surface area (Å²) in [7, 11) is 1.65. The monoisotopic (exact) mass is 403 g/mol. The standard InChI is InChI=1S/C26H29NO3/c1-3-30-24-16-13-20(18-25(24)29-2)8-7-17-27-26(28)19-21-11-14-23(15-12-21)22-9-5-4-6-10-22/h4-6,9-16,18H,3,7-8,17,19H2,1-2H3,(H,27,28). The molecule has 30 heavy (non-hydrogen) atoms. The first-order valence-electron chi connectivity index (χ1n) is 10.4. The normalized spacial score (nSPS) is 10.5. The lowest BCUT2D eigenvalue weighted by Crippen LogP contribution is -2.26. The molecule has 0 fully saturated rings. The molecule has 156 valence electrons. The second kappa shape index (κ2) is 11.1. The molecule has 0 saturated heterocycles. The molecule has 3 aromatic carbocycles. The van der Waals surface area contributed by atoms with Crippen LogP contribution in [-0.4, -0.2) is 26.2 Å². The Balaban J connectivity index is 1.43. The molecular formula is C26H29NO3. The minimum absolute atomic E-state index is 0.0479. The van der Waals surface area contributed by atoms with Gasteiger partial charge in [-0.05, 0) is 54.2 Å². The highest BCUT2D eigenvalue weighted by molar-refractivity contribution is 5.78. The maximum absolute atomic E-state index is 12.2. The summed E-state index contributed by atoms with van der Waals surface area (Å²) in [6.07, 6.45) is 2.14. The van der Waals surface area contributed by atoms with Crippen LogP contribution in [0, 0.1) is 0 Å². The second-order valence-corrected chi connectivity index (χ2v) is 7.11. The third-order valence-electron chi connectivity index (χ3n) is 4.92. The lowest BCUT2D eigenvalue weighted by molar-refractivity contribution is -0.120. The van der Waals surface area contributed by atoms with Crippen LogP contribution in [0.15, 0.2) is 72.8 Å². The lowest BCUT2D eigenvalue weighted by Gasteiger charge is -2.11. The van der Waals surface area contributed by atoms with Gasteiger partial charge in [-0.2, -0.15) is 0 Å². The van der Waals surface area contributed by atoms with Gasteiger partial charge in [0.05, 0.1) is 20.1 Å². The Morgan fingerprint density at radius 1 is 0.867 bits per heavy atom. The molecule has 0 unspecified atom stereocenters. The van der Waals surface area contributed by atoms with Crippen molar-refractivity contribution >= 4 is 5.91 Å². The summed E-state index contributed by atoms with van der Waals surface area (Å²) in [6, 6.07) is 24.4. The number of ether oxygens (including phenoxy) is 2. The molecule has 0 atom stereocenters. The Labute approximate surface area is 178 Å². The molecule has 0 aliphatic heterocycles. The zero-order valence-corrected chi connectivity index (χ0v) is 17.7. The molecular weight excluding hydrogens is 374 g/mol. The SMILES string of the molecule is CCOc1ccc(CCCNC(=O)Cc2ccc(-c3ccccc3)cc2)cc1OC. The molecule has 0 aliphatic carbocycles. The number of benzene rings is 3. The molecule has 0 saturated carbocycles. The lowest BCUT2D eigenvalue weighted by atomic mass is 10.0. The average molecular weight is 404 g/mol. The molecule has 0 bridgehead atoms. The second-order valence-electron chi connectivity index (χ2n) is 7.11. The van der Waals surface area contributed by atoms with Crippen LogP contribution in [0.5, 0.6) is 11.5 Å². The van der Waals surface area contributed by atoms with Gasteiger partial charge >= 0.3 is 0 Å². The van der Waals surface area contributed by atoms with Gasteiger partial charge in [0.25, 0.3) is 0 Å². The first-order chi connectivity index (χ1) is 14.7. The fourth-order valence-corrected chi connectivity index (χ4v) is 3.36. The fourth-order valence-electron chi connectivity index (χ4n) is 3.36. The van der Waals surface area contributed by atoms with E-state index >= 15 is 0 Å². The van der Waals surface area contributed by atoms with Crippen molar-refractivity contribution < 1.29 is 14.3 Å². The minimum atomic E-state index is 0.0479. The van der Waals surface area contributed by atoms with Crippen LogP contribution in [-0.2, 0) is 17.6 Å². The average Bonchev–Trinajstić information content (AvgIpc) is 2.79. The first kappa shape index (κ1) is 21.4. The van der Waals surface area contributed by atoms with E-state index in [4.69, 9.17) is 9.47 Å². The van der Waals surface area contributed by atoms with E-state index in [9.17, 15) is 4.79 Å². The number of nitrogens with one attached hydrogen (secondary N) is 1. The molecule has 4 nitrogen and oxygen atoms in total. The summed E-state index contributed by atoms with van der Waals surface area (Å²) < 4.78 is 10.9. The van der Waals surface area contributed by atoms with Crippen molar-refractivity contribution in [1.82, 2.24) is 5.32 Å². The summed E-state index contributed by atoms with van der Waals surface area (Å²) in [5, 5.41) is 3.01. The third kappa shape index (κ3) is 6.11. The highest BCUT2D eigenvalue weighted by Gasteiger charge is 2.07. The zero-order valence-electron chi connectivity index (χ0n) is 17.7. The third-order valence-corrected chi connectivity index (χ3v) is 4.92. The van der Waals surface area contributed by atoms with Gasteiger partial charge in [0.2, 0.25) is 5.91 Å². The van der Waals surface area contributed by atoms with Crippen LogP contribution in [0.4, 0.5) is 0 Å². The zero-order chi connectivity index (χ0) is 21.2. The Bertz CT molecular complexity index is 936. The molecule has 3 rings (SSSR count). The summed E-state index contributed by atoms with van der Waals surface area (Å²) in [5.41, 5.74) is 4.52. The maximum Gasteiger partial charge on any atom is 0.224 e. The molecule has 0 spiro atoms. The molecule has 0 heterocycles. The van der Waals surface area contributed by atoms with Gasteiger partial charge in [-0.1, -0.05) is 60.7 Å². The number of carbonyl (C=O) groups excluding carboxylic acids is 1. The summed E-state index contributed by atoms with van der Waals surface area (Å²) in [6.45, 7) is 3.21. The highest BCUT2D eigenvalue weighted by atomic mass is 16.5. The summed E-state index contributed by atoms with van der Waals surface area (Å²) in [5.74, 6) is 1.56. The van der Waals surface area contributed by atoms with E-state index in [0.29, 0.717) is 19.6 Å². The maximum atomic E-state index is 12.2. The van der Waals surface area contributed by atoms with Gasteiger partial charge in [0.15, 0.2) is 11.5 Å². The van der Waals surface area contributed by atoms with Crippen molar-refractivity contribution in [2.24, 2.45) is 0 Å². The van der Waals surface area contributed by atoms with Gasteiger partial charge in [-0.25, -0.2) is 0 Å². The highest BCUT2D eigenvalue weighted by Crippen LogP contribution is 2.28. The Kier molecular flexibility index (Phi) is 7.90. The Hall–Kier alpha value is -3.27. The smallest absolute Gasteiger partial charge is 0.224 e. The van der Waals surface area contributed by atoms with Crippen molar-refractivity contribution in [2.75, 3.05) is 20.3 Å². The van der Waals surface area contributed by atoms with Crippen LogP contribution >= 0.6 is 0 Å². The van der Waals surface area contributed by atoms with Crippen molar-refractivity contribution in [3.05, 3.63) is 83.9 Å². The van der Waals surface area contributed by atoms with E-state index in [1.54, 1.807) is 7.11 Å². The largest absolute Gasteiger partial charge is 0.493 e. The van der Waals surface area contributed by atoms with Gasteiger partial charge in [-0.3, -0.25) is 4.79 Å². The van der Waals surface area contributed by atoms with E-state index in [1.807, 2.05) is 55.5 Å². The van der Waals surface area contributed by atoms with Crippen molar-refractivity contribution in [2.45, 2.75) is 26.2 Å². The Morgan fingerprint density at radius 3 is 2.27 bits per heavy atom. The Morgan fingerprint density at radius 2 is 1.57 bits per heavy atom. The van der Waals surface area contributed by atoms with Crippen LogP contribution < -0.4 is 14.8 Å². The van der Waals surface area contributed by atoms with E-state index in [0.717, 1.165) is 35.5 Å². The fraction of sp³-hybridized carbons (Fsp3) is 0.269. The van der Waals surface area contributed by atoms with Crippen LogP contribution in [0.3, 0.4) is 0 Å². The van der Waals surface area contributed by atoms with E-state index in [1.165, 1.54) is 11.1 Å². The minimum Gasteiger partial charge on any atom is -0.493 e. The van der Waals surface area contributed by atoms with Crippen LogP contribution in [0.1, 0.15) is 24.5 Å². The number of methoxy groups -OCH3 is 1. The van der Waals surface area contributed by atoms with Crippen LogP contribution in [0.25, 0.3) is 11.1 Å². The number of amides is 1. The van der Waals surface area contributed by atoms with E-state index < -0.39 is 0 Å². The quantitative estimate of drug-likeness (QED) is 0.482. The number of hydrogen-bond acceptors (Lipinski definition) is 3. The molecule has 0 aromatic heterocycles. The van der Waals surface area contributed by atoms with Crippen molar-refractivity contribution in [3.8, 4) is 22.6 Å². The van der Waals surface area contributed by atoms with Gasteiger partial charge in [-0.15, -0.1) is 0 Å². The number of rotatable bonds is 10.